The van der Waals surface area contributed by atoms with Crippen LogP contribution in [0.3, 0.4) is 0 Å². The van der Waals surface area contributed by atoms with E-state index in [4.69, 9.17) is 9.15 Å². The Morgan fingerprint density at radius 3 is 2.48 bits per heavy atom. The SMILES string of the molecule is COc1cccc(/C(O)=C2/C(=O)C(=O)N(c3ccc(F)c(F)c3)C2c2ccc(C)o2)c1. The van der Waals surface area contributed by atoms with Crippen molar-refractivity contribution in [1.82, 2.24) is 0 Å². The fourth-order valence-corrected chi connectivity index (χ4v) is 3.53. The number of benzene rings is 2. The van der Waals surface area contributed by atoms with Crippen molar-refractivity contribution in [3.8, 4) is 5.75 Å². The molecule has 1 fully saturated rings. The van der Waals surface area contributed by atoms with E-state index < -0.39 is 35.1 Å². The second-order valence-electron chi connectivity index (χ2n) is 6.95. The number of halogens is 2. The molecule has 1 aliphatic heterocycles. The summed E-state index contributed by atoms with van der Waals surface area (Å²) in [5, 5.41) is 11.0. The number of hydrogen-bond acceptors (Lipinski definition) is 5. The first-order valence-electron chi connectivity index (χ1n) is 9.28. The molecule has 1 saturated heterocycles. The number of nitrogens with zero attached hydrogens (tertiary/aromatic N) is 1. The molecule has 158 valence electrons. The number of aliphatic hydroxyl groups excluding tert-OH is 1. The number of aryl methyl sites for hydroxylation is 1. The molecule has 1 N–H and O–H groups in total. The normalized spacial score (nSPS) is 17.9. The molecule has 0 radical (unpaired) electrons. The third kappa shape index (κ3) is 3.46. The van der Waals surface area contributed by atoms with Crippen LogP contribution in [-0.2, 0) is 9.59 Å². The van der Waals surface area contributed by atoms with Gasteiger partial charge < -0.3 is 14.3 Å². The van der Waals surface area contributed by atoms with Gasteiger partial charge in [0.1, 0.15) is 29.1 Å². The Labute approximate surface area is 176 Å². The number of amides is 1. The van der Waals surface area contributed by atoms with Crippen LogP contribution in [0.4, 0.5) is 14.5 Å². The topological polar surface area (TPSA) is 80.0 Å². The van der Waals surface area contributed by atoms with E-state index in [1.54, 1.807) is 37.3 Å². The number of carbonyl (C=O) groups excluding carboxylic acids is 2. The van der Waals surface area contributed by atoms with E-state index in [0.29, 0.717) is 11.5 Å². The van der Waals surface area contributed by atoms with Crippen LogP contribution >= 0.6 is 0 Å². The average Bonchev–Trinajstić information content (AvgIpc) is 3.30. The molecule has 1 unspecified atom stereocenters. The van der Waals surface area contributed by atoms with Gasteiger partial charge in [0.2, 0.25) is 0 Å². The third-order valence-corrected chi connectivity index (χ3v) is 5.00. The minimum Gasteiger partial charge on any atom is -0.507 e. The first-order chi connectivity index (χ1) is 14.8. The Kier molecular flexibility index (Phi) is 5.06. The number of furan rings is 1. The van der Waals surface area contributed by atoms with Gasteiger partial charge in [0.25, 0.3) is 11.7 Å². The molecule has 2 aromatic carbocycles. The zero-order chi connectivity index (χ0) is 22.3. The van der Waals surface area contributed by atoms with Crippen LogP contribution in [0.25, 0.3) is 5.76 Å². The zero-order valence-corrected chi connectivity index (χ0v) is 16.6. The van der Waals surface area contributed by atoms with Gasteiger partial charge >= 0.3 is 0 Å². The van der Waals surface area contributed by atoms with Crippen LogP contribution in [0.5, 0.6) is 5.75 Å². The van der Waals surface area contributed by atoms with Crippen molar-refractivity contribution < 1.29 is 32.6 Å². The van der Waals surface area contributed by atoms with Crippen molar-refractivity contribution in [3.05, 3.63) is 88.9 Å². The summed E-state index contributed by atoms with van der Waals surface area (Å²) in [6, 6.07) is 11.2. The lowest BCUT2D eigenvalue weighted by Crippen LogP contribution is -2.29. The van der Waals surface area contributed by atoms with Gasteiger partial charge in [0.05, 0.1) is 12.7 Å². The molecule has 3 aromatic rings. The van der Waals surface area contributed by atoms with E-state index in [2.05, 4.69) is 0 Å². The molecule has 8 heteroatoms. The van der Waals surface area contributed by atoms with Crippen molar-refractivity contribution in [2.24, 2.45) is 0 Å². The van der Waals surface area contributed by atoms with E-state index in [0.717, 1.165) is 17.0 Å². The summed E-state index contributed by atoms with van der Waals surface area (Å²) in [6.07, 6.45) is 0. The van der Waals surface area contributed by atoms with Gasteiger partial charge in [-0.1, -0.05) is 12.1 Å². The number of anilines is 1. The van der Waals surface area contributed by atoms with Crippen LogP contribution in [0.2, 0.25) is 0 Å². The van der Waals surface area contributed by atoms with E-state index in [1.807, 2.05) is 0 Å². The lowest BCUT2D eigenvalue weighted by molar-refractivity contribution is -0.132. The number of hydrogen-bond donors (Lipinski definition) is 1. The quantitative estimate of drug-likeness (QED) is 0.378. The molecule has 0 saturated carbocycles. The minimum absolute atomic E-state index is 0.0512. The maximum atomic E-state index is 13.9. The van der Waals surface area contributed by atoms with Crippen LogP contribution in [-0.4, -0.2) is 23.9 Å². The second-order valence-corrected chi connectivity index (χ2v) is 6.95. The van der Waals surface area contributed by atoms with Gasteiger partial charge in [-0.25, -0.2) is 8.78 Å². The fraction of sp³-hybridized carbons (Fsp3) is 0.130. The minimum atomic E-state index is -1.18. The lowest BCUT2D eigenvalue weighted by atomic mass is 9.99. The highest BCUT2D eigenvalue weighted by molar-refractivity contribution is 6.51. The van der Waals surface area contributed by atoms with Crippen LogP contribution < -0.4 is 9.64 Å². The second kappa shape index (κ2) is 7.71. The lowest BCUT2D eigenvalue weighted by Gasteiger charge is -2.23. The van der Waals surface area contributed by atoms with Gasteiger partial charge in [-0.3, -0.25) is 14.5 Å². The van der Waals surface area contributed by atoms with Crippen molar-refractivity contribution in [3.63, 3.8) is 0 Å². The largest absolute Gasteiger partial charge is 0.507 e. The van der Waals surface area contributed by atoms with Gasteiger partial charge in [-0.2, -0.15) is 0 Å². The van der Waals surface area contributed by atoms with E-state index in [9.17, 15) is 23.5 Å². The van der Waals surface area contributed by atoms with E-state index in [1.165, 1.54) is 19.2 Å². The van der Waals surface area contributed by atoms with Gasteiger partial charge in [-0.05, 0) is 43.3 Å². The molecule has 2 heterocycles. The van der Waals surface area contributed by atoms with Crippen molar-refractivity contribution in [2.75, 3.05) is 12.0 Å². The number of aliphatic hydroxyl groups is 1. The molecule has 6 nitrogen and oxygen atoms in total. The summed E-state index contributed by atoms with van der Waals surface area (Å²) >= 11 is 0. The van der Waals surface area contributed by atoms with Gasteiger partial charge in [0, 0.05) is 17.3 Å². The third-order valence-electron chi connectivity index (χ3n) is 5.00. The Bertz CT molecular complexity index is 1230. The summed E-state index contributed by atoms with van der Waals surface area (Å²) in [7, 11) is 1.45. The predicted molar refractivity (Wildman–Crippen MR) is 108 cm³/mol. The molecule has 0 bridgehead atoms. The van der Waals surface area contributed by atoms with Crippen LogP contribution in [0.15, 0.2) is 64.6 Å². The Morgan fingerprint density at radius 1 is 1.06 bits per heavy atom. The standard InChI is InChI=1S/C23H17F2NO5/c1-12-6-9-18(31-12)20-19(21(27)13-4-3-5-15(10-13)30-2)22(28)23(29)26(20)14-7-8-16(24)17(25)11-14/h3-11,20,27H,1-2H3/b21-19-. The van der Waals surface area contributed by atoms with Crippen LogP contribution in [0, 0.1) is 18.6 Å². The highest BCUT2D eigenvalue weighted by Gasteiger charge is 2.48. The number of Topliss-reactive ketones (excluding diaryl/α,β-unsaturated/α-hetero) is 1. The molecule has 1 atom stereocenters. The average molecular weight is 425 g/mol. The zero-order valence-electron chi connectivity index (χ0n) is 16.6. The molecule has 1 aliphatic rings. The summed E-state index contributed by atoms with van der Waals surface area (Å²) in [4.78, 5) is 26.8. The smallest absolute Gasteiger partial charge is 0.300 e. The number of rotatable bonds is 4. The number of ether oxygens (including phenoxy) is 1. The number of ketones is 1. The summed E-state index contributed by atoms with van der Waals surface area (Å²) in [5.41, 5.74) is -0.0435. The van der Waals surface area contributed by atoms with Gasteiger partial charge in [-0.15, -0.1) is 0 Å². The Balaban J connectivity index is 1.94. The van der Waals surface area contributed by atoms with E-state index >= 15 is 0 Å². The Morgan fingerprint density at radius 2 is 1.84 bits per heavy atom. The molecular formula is C23H17F2NO5. The maximum absolute atomic E-state index is 13.9. The Hall–Kier alpha value is -3.94. The summed E-state index contributed by atoms with van der Waals surface area (Å²) in [6.45, 7) is 1.68. The van der Waals surface area contributed by atoms with Crippen molar-refractivity contribution in [2.45, 2.75) is 13.0 Å². The van der Waals surface area contributed by atoms with E-state index in [-0.39, 0.29) is 22.6 Å². The molecule has 31 heavy (non-hydrogen) atoms. The fourth-order valence-electron chi connectivity index (χ4n) is 3.53. The molecule has 0 spiro atoms. The maximum Gasteiger partial charge on any atom is 0.300 e. The summed E-state index contributed by atoms with van der Waals surface area (Å²) < 4.78 is 38.2. The predicted octanol–water partition coefficient (Wildman–Crippen LogP) is 4.50. The molecule has 1 amide bonds. The van der Waals surface area contributed by atoms with Crippen molar-refractivity contribution in [1.29, 1.82) is 0 Å². The number of carbonyl (C=O) groups is 2. The highest BCUT2D eigenvalue weighted by atomic mass is 19.2. The van der Waals surface area contributed by atoms with Crippen LogP contribution in [0.1, 0.15) is 23.1 Å². The molecular weight excluding hydrogens is 408 g/mol. The first-order valence-corrected chi connectivity index (χ1v) is 9.28. The first kappa shape index (κ1) is 20.3. The number of methoxy groups -OCH3 is 1. The summed E-state index contributed by atoms with van der Waals surface area (Å²) in [5.74, 6) is -3.58. The monoisotopic (exact) mass is 425 g/mol. The van der Waals surface area contributed by atoms with Crippen molar-refractivity contribution >= 4 is 23.1 Å². The van der Waals surface area contributed by atoms with Gasteiger partial charge in [0.15, 0.2) is 11.6 Å². The molecule has 1 aromatic heterocycles. The molecule has 4 rings (SSSR count). The highest BCUT2D eigenvalue weighted by Crippen LogP contribution is 2.43. The molecule has 0 aliphatic carbocycles.